The number of aliphatic imine (C=N–C) groups is 1. The Labute approximate surface area is 148 Å². The van der Waals surface area contributed by atoms with Gasteiger partial charge in [0.05, 0.1) is 12.6 Å². The van der Waals surface area contributed by atoms with E-state index >= 15 is 0 Å². The molecule has 0 aromatic heterocycles. The van der Waals surface area contributed by atoms with Gasteiger partial charge >= 0.3 is 0 Å². The highest BCUT2D eigenvalue weighted by Crippen LogP contribution is 2.04. The van der Waals surface area contributed by atoms with Crippen LogP contribution in [0, 0.1) is 5.82 Å². The van der Waals surface area contributed by atoms with Crippen molar-refractivity contribution in [2.24, 2.45) is 4.99 Å². The van der Waals surface area contributed by atoms with Gasteiger partial charge in [-0.3, -0.25) is 4.99 Å². The van der Waals surface area contributed by atoms with Crippen molar-refractivity contribution in [2.75, 3.05) is 19.6 Å². The van der Waals surface area contributed by atoms with Crippen LogP contribution in [-0.4, -0.2) is 36.8 Å². The number of aliphatic hydroxyl groups excluding tert-OH is 1. The SMILES string of the molecule is CCNC(=NCC(O)Cc1ccccc1)NCCc1cccc(F)c1. The number of guanidine groups is 1. The normalized spacial score (nSPS) is 12.7. The van der Waals surface area contributed by atoms with Gasteiger partial charge < -0.3 is 15.7 Å². The zero-order chi connectivity index (χ0) is 17.9. The zero-order valence-electron chi connectivity index (χ0n) is 14.6. The fraction of sp³-hybridized carbons (Fsp3) is 0.350. The Kier molecular flexibility index (Phi) is 7.92. The smallest absolute Gasteiger partial charge is 0.191 e. The molecular formula is C20H26FN3O. The number of halogens is 1. The molecule has 25 heavy (non-hydrogen) atoms. The van der Waals surface area contributed by atoms with Crippen LogP contribution in [0.25, 0.3) is 0 Å². The average Bonchev–Trinajstić information content (AvgIpc) is 2.60. The lowest BCUT2D eigenvalue weighted by molar-refractivity contribution is 0.183. The molecule has 0 saturated heterocycles. The molecule has 2 aromatic rings. The zero-order valence-corrected chi connectivity index (χ0v) is 14.6. The Morgan fingerprint density at radius 3 is 2.56 bits per heavy atom. The summed E-state index contributed by atoms with van der Waals surface area (Å²) in [6.45, 7) is 3.69. The first-order valence-corrected chi connectivity index (χ1v) is 8.66. The van der Waals surface area contributed by atoms with Crippen LogP contribution in [0.2, 0.25) is 0 Å². The molecule has 134 valence electrons. The Balaban J connectivity index is 1.80. The van der Waals surface area contributed by atoms with Gasteiger partial charge in [0.2, 0.25) is 0 Å². The van der Waals surface area contributed by atoms with E-state index in [2.05, 4.69) is 15.6 Å². The van der Waals surface area contributed by atoms with Crippen LogP contribution in [0.1, 0.15) is 18.1 Å². The molecule has 0 aliphatic heterocycles. The minimum absolute atomic E-state index is 0.220. The van der Waals surface area contributed by atoms with Crippen molar-refractivity contribution in [1.82, 2.24) is 10.6 Å². The molecule has 2 rings (SSSR count). The topological polar surface area (TPSA) is 56.7 Å². The number of nitrogens with zero attached hydrogens (tertiary/aromatic N) is 1. The van der Waals surface area contributed by atoms with Crippen molar-refractivity contribution in [3.63, 3.8) is 0 Å². The van der Waals surface area contributed by atoms with E-state index in [9.17, 15) is 9.50 Å². The third-order valence-corrected chi connectivity index (χ3v) is 3.71. The van der Waals surface area contributed by atoms with Crippen LogP contribution in [0.15, 0.2) is 59.6 Å². The quantitative estimate of drug-likeness (QED) is 0.510. The van der Waals surface area contributed by atoms with Crippen molar-refractivity contribution < 1.29 is 9.50 Å². The third-order valence-electron chi connectivity index (χ3n) is 3.71. The standard InChI is InChI=1S/C20H26FN3O/c1-2-22-20(23-12-11-17-9-6-10-18(21)13-17)24-15-19(25)14-16-7-4-3-5-8-16/h3-10,13,19,25H,2,11-12,14-15H2,1H3,(H2,22,23,24). The molecule has 0 heterocycles. The van der Waals surface area contributed by atoms with Crippen molar-refractivity contribution >= 4 is 5.96 Å². The van der Waals surface area contributed by atoms with E-state index in [0.717, 1.165) is 17.7 Å². The van der Waals surface area contributed by atoms with E-state index < -0.39 is 6.10 Å². The lowest BCUT2D eigenvalue weighted by Gasteiger charge is -2.13. The molecule has 0 aliphatic carbocycles. The summed E-state index contributed by atoms with van der Waals surface area (Å²) in [4.78, 5) is 4.43. The van der Waals surface area contributed by atoms with Gasteiger partial charge in [-0.25, -0.2) is 4.39 Å². The molecule has 0 amide bonds. The molecule has 1 unspecified atom stereocenters. The van der Waals surface area contributed by atoms with Gasteiger partial charge in [0, 0.05) is 19.5 Å². The maximum atomic E-state index is 13.2. The van der Waals surface area contributed by atoms with E-state index in [1.807, 2.05) is 43.3 Å². The number of hydrogen-bond donors (Lipinski definition) is 3. The summed E-state index contributed by atoms with van der Waals surface area (Å²) in [6, 6.07) is 16.5. The molecule has 0 bridgehead atoms. The fourth-order valence-electron chi connectivity index (χ4n) is 2.51. The maximum absolute atomic E-state index is 13.2. The monoisotopic (exact) mass is 343 g/mol. The number of aliphatic hydroxyl groups is 1. The maximum Gasteiger partial charge on any atom is 0.191 e. The number of benzene rings is 2. The van der Waals surface area contributed by atoms with Gasteiger partial charge in [-0.2, -0.15) is 0 Å². The Hall–Kier alpha value is -2.40. The van der Waals surface area contributed by atoms with Crippen LogP contribution in [0.3, 0.4) is 0 Å². The predicted molar refractivity (Wildman–Crippen MR) is 100 cm³/mol. The predicted octanol–water partition coefficient (Wildman–Crippen LogP) is 2.53. The second-order valence-electron chi connectivity index (χ2n) is 5.87. The first-order chi connectivity index (χ1) is 12.2. The molecule has 0 fully saturated rings. The molecular weight excluding hydrogens is 317 g/mol. The molecule has 3 N–H and O–H groups in total. The Morgan fingerprint density at radius 1 is 1.08 bits per heavy atom. The summed E-state index contributed by atoms with van der Waals surface area (Å²) >= 11 is 0. The lowest BCUT2D eigenvalue weighted by Crippen LogP contribution is -2.39. The Bertz CT molecular complexity index is 661. The molecule has 0 saturated carbocycles. The van der Waals surface area contributed by atoms with E-state index in [-0.39, 0.29) is 5.82 Å². The van der Waals surface area contributed by atoms with Gasteiger partial charge in [0.1, 0.15) is 5.82 Å². The van der Waals surface area contributed by atoms with Crippen LogP contribution in [-0.2, 0) is 12.8 Å². The lowest BCUT2D eigenvalue weighted by atomic mass is 10.1. The van der Waals surface area contributed by atoms with Gasteiger partial charge in [-0.05, 0) is 36.6 Å². The van der Waals surface area contributed by atoms with Crippen LogP contribution >= 0.6 is 0 Å². The van der Waals surface area contributed by atoms with E-state index in [1.54, 1.807) is 6.07 Å². The third kappa shape index (κ3) is 7.35. The highest BCUT2D eigenvalue weighted by atomic mass is 19.1. The number of rotatable bonds is 8. The van der Waals surface area contributed by atoms with Crippen molar-refractivity contribution in [3.05, 3.63) is 71.5 Å². The largest absolute Gasteiger partial charge is 0.391 e. The van der Waals surface area contributed by atoms with Gasteiger partial charge in [-0.15, -0.1) is 0 Å². The Morgan fingerprint density at radius 2 is 1.84 bits per heavy atom. The van der Waals surface area contributed by atoms with Crippen LogP contribution < -0.4 is 10.6 Å². The highest BCUT2D eigenvalue weighted by molar-refractivity contribution is 5.79. The number of nitrogens with one attached hydrogen (secondary N) is 2. The van der Waals surface area contributed by atoms with Crippen molar-refractivity contribution in [2.45, 2.75) is 25.9 Å². The van der Waals surface area contributed by atoms with E-state index in [1.165, 1.54) is 12.1 Å². The summed E-state index contributed by atoms with van der Waals surface area (Å²) < 4.78 is 13.2. The second-order valence-corrected chi connectivity index (χ2v) is 5.87. The summed E-state index contributed by atoms with van der Waals surface area (Å²) in [5.41, 5.74) is 2.03. The first kappa shape index (κ1) is 18.9. The fourth-order valence-corrected chi connectivity index (χ4v) is 2.51. The van der Waals surface area contributed by atoms with E-state index in [4.69, 9.17) is 0 Å². The molecule has 2 aromatic carbocycles. The molecule has 5 heteroatoms. The summed E-state index contributed by atoms with van der Waals surface area (Å²) in [5, 5.41) is 16.5. The molecule has 0 aliphatic rings. The van der Waals surface area contributed by atoms with Gasteiger partial charge in [0.25, 0.3) is 0 Å². The van der Waals surface area contributed by atoms with Crippen molar-refractivity contribution in [3.8, 4) is 0 Å². The minimum atomic E-state index is -0.527. The molecule has 0 spiro atoms. The summed E-state index contributed by atoms with van der Waals surface area (Å²) in [5.74, 6) is 0.438. The van der Waals surface area contributed by atoms with E-state index in [0.29, 0.717) is 31.9 Å². The number of hydrogen-bond acceptors (Lipinski definition) is 2. The second kappa shape index (κ2) is 10.5. The highest BCUT2D eigenvalue weighted by Gasteiger charge is 2.06. The van der Waals surface area contributed by atoms with Crippen LogP contribution in [0.4, 0.5) is 4.39 Å². The van der Waals surface area contributed by atoms with Crippen molar-refractivity contribution in [1.29, 1.82) is 0 Å². The minimum Gasteiger partial charge on any atom is -0.391 e. The average molecular weight is 343 g/mol. The molecule has 1 atom stereocenters. The summed E-state index contributed by atoms with van der Waals surface area (Å²) in [7, 11) is 0. The molecule has 0 radical (unpaired) electrons. The van der Waals surface area contributed by atoms with Gasteiger partial charge in [-0.1, -0.05) is 42.5 Å². The first-order valence-electron chi connectivity index (χ1n) is 8.66. The molecule has 4 nitrogen and oxygen atoms in total. The summed E-state index contributed by atoms with van der Waals surface area (Å²) in [6.07, 6.45) is 0.753. The van der Waals surface area contributed by atoms with Gasteiger partial charge in [0.15, 0.2) is 5.96 Å². The van der Waals surface area contributed by atoms with Crippen LogP contribution in [0.5, 0.6) is 0 Å².